The molecule has 0 aliphatic heterocycles. The standard InChI is InChI=1S/C12H19N3/c13-12-10-7-4-8-11(10)14-15(12)9-5-2-1-3-6-9/h9H,1-8,13H2. The van der Waals surface area contributed by atoms with Crippen LogP contribution in [0.25, 0.3) is 0 Å². The van der Waals surface area contributed by atoms with Crippen molar-refractivity contribution < 1.29 is 0 Å². The maximum Gasteiger partial charge on any atom is 0.125 e. The molecule has 3 rings (SSSR count). The zero-order valence-corrected chi connectivity index (χ0v) is 9.21. The van der Waals surface area contributed by atoms with Crippen LogP contribution in [0.4, 0.5) is 5.82 Å². The van der Waals surface area contributed by atoms with Gasteiger partial charge in [0.05, 0.1) is 11.7 Å². The minimum absolute atomic E-state index is 0.587. The number of anilines is 1. The molecule has 1 heterocycles. The van der Waals surface area contributed by atoms with Crippen molar-refractivity contribution in [2.24, 2.45) is 0 Å². The van der Waals surface area contributed by atoms with Crippen LogP contribution in [0.2, 0.25) is 0 Å². The number of hydrogen-bond acceptors (Lipinski definition) is 2. The van der Waals surface area contributed by atoms with E-state index in [0.717, 1.165) is 18.7 Å². The van der Waals surface area contributed by atoms with Gasteiger partial charge < -0.3 is 5.73 Å². The van der Waals surface area contributed by atoms with Gasteiger partial charge in [-0.2, -0.15) is 5.10 Å². The smallest absolute Gasteiger partial charge is 0.125 e. The summed E-state index contributed by atoms with van der Waals surface area (Å²) in [6.45, 7) is 0. The molecule has 0 bridgehead atoms. The van der Waals surface area contributed by atoms with Crippen molar-refractivity contribution in [2.75, 3.05) is 5.73 Å². The Kier molecular flexibility index (Phi) is 2.19. The molecule has 3 nitrogen and oxygen atoms in total. The van der Waals surface area contributed by atoms with E-state index in [1.807, 2.05) is 0 Å². The van der Waals surface area contributed by atoms with Crippen molar-refractivity contribution in [1.82, 2.24) is 9.78 Å². The van der Waals surface area contributed by atoms with Crippen LogP contribution in [-0.4, -0.2) is 9.78 Å². The Morgan fingerprint density at radius 3 is 2.60 bits per heavy atom. The topological polar surface area (TPSA) is 43.8 Å². The summed E-state index contributed by atoms with van der Waals surface area (Å²) in [4.78, 5) is 0. The highest BCUT2D eigenvalue weighted by Gasteiger charge is 2.24. The minimum Gasteiger partial charge on any atom is -0.384 e. The van der Waals surface area contributed by atoms with E-state index < -0.39 is 0 Å². The largest absolute Gasteiger partial charge is 0.384 e. The molecule has 0 atom stereocenters. The summed E-state index contributed by atoms with van der Waals surface area (Å²) in [6, 6.07) is 0.587. The number of nitrogen functional groups attached to an aromatic ring is 1. The quantitative estimate of drug-likeness (QED) is 0.765. The Morgan fingerprint density at radius 2 is 1.87 bits per heavy atom. The third kappa shape index (κ3) is 1.45. The van der Waals surface area contributed by atoms with E-state index in [4.69, 9.17) is 10.8 Å². The molecule has 2 aliphatic rings. The SMILES string of the molecule is Nc1c2c(nn1C1CCCCC1)CCC2. The fraction of sp³-hybridized carbons (Fsp3) is 0.750. The highest BCUT2D eigenvalue weighted by atomic mass is 15.3. The number of nitrogens with two attached hydrogens (primary N) is 1. The molecule has 2 aliphatic carbocycles. The molecule has 1 saturated carbocycles. The van der Waals surface area contributed by atoms with E-state index in [-0.39, 0.29) is 0 Å². The average Bonchev–Trinajstić information content (AvgIpc) is 2.83. The Hall–Kier alpha value is -0.990. The molecule has 0 aromatic carbocycles. The van der Waals surface area contributed by atoms with Gasteiger partial charge >= 0.3 is 0 Å². The molecular formula is C12H19N3. The molecule has 1 aromatic heterocycles. The van der Waals surface area contributed by atoms with Crippen molar-refractivity contribution >= 4 is 5.82 Å². The number of aromatic nitrogens is 2. The van der Waals surface area contributed by atoms with Gasteiger partial charge in [-0.3, -0.25) is 0 Å². The first-order valence-corrected chi connectivity index (χ1v) is 6.22. The summed E-state index contributed by atoms with van der Waals surface area (Å²) in [5.74, 6) is 0.967. The average molecular weight is 205 g/mol. The molecule has 0 radical (unpaired) electrons. The minimum atomic E-state index is 0.587. The lowest BCUT2D eigenvalue weighted by atomic mass is 9.95. The molecule has 3 heteroatoms. The lowest BCUT2D eigenvalue weighted by Gasteiger charge is -2.23. The number of nitrogens with zero attached hydrogens (tertiary/aromatic N) is 2. The molecule has 82 valence electrons. The Balaban J connectivity index is 1.91. The van der Waals surface area contributed by atoms with Crippen LogP contribution in [0.15, 0.2) is 0 Å². The Labute approximate surface area is 90.7 Å². The maximum atomic E-state index is 6.19. The second kappa shape index (κ2) is 3.54. The summed E-state index contributed by atoms with van der Waals surface area (Å²) < 4.78 is 2.13. The molecule has 2 N–H and O–H groups in total. The first kappa shape index (κ1) is 9.25. The van der Waals surface area contributed by atoms with Gasteiger partial charge in [0.25, 0.3) is 0 Å². The molecule has 1 aromatic rings. The van der Waals surface area contributed by atoms with E-state index in [1.165, 1.54) is 49.8 Å². The first-order chi connectivity index (χ1) is 7.36. The van der Waals surface area contributed by atoms with Gasteiger partial charge in [-0.25, -0.2) is 4.68 Å². The monoisotopic (exact) mass is 205 g/mol. The number of fused-ring (bicyclic) bond motifs is 1. The number of hydrogen-bond donors (Lipinski definition) is 1. The zero-order chi connectivity index (χ0) is 10.3. The maximum absolute atomic E-state index is 6.19. The van der Waals surface area contributed by atoms with Gasteiger partial charge in [0.1, 0.15) is 5.82 Å². The molecule has 0 amide bonds. The van der Waals surface area contributed by atoms with E-state index >= 15 is 0 Å². The third-order valence-corrected chi connectivity index (χ3v) is 3.89. The van der Waals surface area contributed by atoms with Crippen LogP contribution in [0.1, 0.15) is 55.8 Å². The highest BCUT2D eigenvalue weighted by Crippen LogP contribution is 2.34. The summed E-state index contributed by atoms with van der Waals surface area (Å²) in [5, 5.41) is 4.71. The van der Waals surface area contributed by atoms with Crippen molar-refractivity contribution in [3.8, 4) is 0 Å². The van der Waals surface area contributed by atoms with Crippen molar-refractivity contribution in [3.63, 3.8) is 0 Å². The third-order valence-electron chi connectivity index (χ3n) is 3.89. The van der Waals surface area contributed by atoms with E-state index in [2.05, 4.69) is 4.68 Å². The van der Waals surface area contributed by atoms with Gasteiger partial charge in [-0.05, 0) is 32.1 Å². The van der Waals surface area contributed by atoms with Crippen molar-refractivity contribution in [3.05, 3.63) is 11.3 Å². The molecule has 0 saturated heterocycles. The molecular weight excluding hydrogens is 186 g/mol. The second-order valence-electron chi connectivity index (χ2n) is 4.90. The number of rotatable bonds is 1. The van der Waals surface area contributed by atoms with Crippen LogP contribution >= 0.6 is 0 Å². The van der Waals surface area contributed by atoms with Crippen LogP contribution in [-0.2, 0) is 12.8 Å². The van der Waals surface area contributed by atoms with E-state index in [0.29, 0.717) is 6.04 Å². The van der Waals surface area contributed by atoms with E-state index in [1.54, 1.807) is 0 Å². The fourth-order valence-electron chi connectivity index (χ4n) is 3.04. The fourth-order valence-corrected chi connectivity index (χ4v) is 3.04. The predicted octanol–water partition coefficient (Wildman–Crippen LogP) is 2.46. The lowest BCUT2D eigenvalue weighted by Crippen LogP contribution is -2.16. The summed E-state index contributed by atoms with van der Waals surface area (Å²) in [5.41, 5.74) is 8.81. The van der Waals surface area contributed by atoms with Gasteiger partial charge in [0.2, 0.25) is 0 Å². The van der Waals surface area contributed by atoms with Crippen molar-refractivity contribution in [1.29, 1.82) is 0 Å². The summed E-state index contributed by atoms with van der Waals surface area (Å²) in [6.07, 6.45) is 10.1. The number of aryl methyl sites for hydroxylation is 1. The predicted molar refractivity (Wildman–Crippen MR) is 60.8 cm³/mol. The molecule has 1 fully saturated rings. The van der Waals surface area contributed by atoms with Crippen LogP contribution in [0, 0.1) is 0 Å². The van der Waals surface area contributed by atoms with Crippen LogP contribution < -0.4 is 5.73 Å². The normalized spacial score (nSPS) is 21.9. The highest BCUT2D eigenvalue weighted by molar-refractivity contribution is 5.46. The summed E-state index contributed by atoms with van der Waals surface area (Å²) >= 11 is 0. The van der Waals surface area contributed by atoms with Crippen LogP contribution in [0.5, 0.6) is 0 Å². The molecule has 0 unspecified atom stereocenters. The first-order valence-electron chi connectivity index (χ1n) is 6.22. The van der Waals surface area contributed by atoms with E-state index in [9.17, 15) is 0 Å². The van der Waals surface area contributed by atoms with Gasteiger partial charge in [-0.15, -0.1) is 0 Å². The van der Waals surface area contributed by atoms with Gasteiger partial charge in [0.15, 0.2) is 0 Å². The Morgan fingerprint density at radius 1 is 1.07 bits per heavy atom. The van der Waals surface area contributed by atoms with Crippen molar-refractivity contribution in [2.45, 2.75) is 57.4 Å². The molecule has 0 spiro atoms. The zero-order valence-electron chi connectivity index (χ0n) is 9.21. The molecule has 15 heavy (non-hydrogen) atoms. The summed E-state index contributed by atoms with van der Waals surface area (Å²) in [7, 11) is 0. The Bertz CT molecular complexity index is 361. The second-order valence-corrected chi connectivity index (χ2v) is 4.90. The lowest BCUT2D eigenvalue weighted by molar-refractivity contribution is 0.331. The van der Waals surface area contributed by atoms with Crippen LogP contribution in [0.3, 0.4) is 0 Å². The van der Waals surface area contributed by atoms with Gasteiger partial charge in [-0.1, -0.05) is 19.3 Å². The van der Waals surface area contributed by atoms with Gasteiger partial charge in [0, 0.05) is 5.56 Å².